The van der Waals surface area contributed by atoms with Gasteiger partial charge < -0.3 is 19.4 Å². The average Bonchev–Trinajstić information content (AvgIpc) is 2.88. The molecule has 4 rings (SSSR count). The molecule has 1 aliphatic rings. The molecule has 2 heterocycles. The molecule has 0 aliphatic carbocycles. The number of carbonyl (C=O) groups excluding carboxylic acids is 1. The maximum Gasteiger partial charge on any atom is 0.234 e. The van der Waals surface area contributed by atoms with E-state index in [1.54, 1.807) is 0 Å². The van der Waals surface area contributed by atoms with Gasteiger partial charge in [-0.3, -0.25) is 4.79 Å². The Morgan fingerprint density at radius 2 is 2.00 bits per heavy atom. The van der Waals surface area contributed by atoms with E-state index in [0.29, 0.717) is 30.4 Å². The number of anilines is 1. The molecule has 28 heavy (non-hydrogen) atoms. The molecule has 0 spiro atoms. The summed E-state index contributed by atoms with van der Waals surface area (Å²) in [5, 5.41) is 3.81. The van der Waals surface area contributed by atoms with Crippen molar-refractivity contribution in [1.29, 1.82) is 0 Å². The van der Waals surface area contributed by atoms with Gasteiger partial charge >= 0.3 is 0 Å². The van der Waals surface area contributed by atoms with Crippen molar-refractivity contribution < 1.29 is 14.3 Å². The predicted octanol–water partition coefficient (Wildman–Crippen LogP) is 4.34. The van der Waals surface area contributed by atoms with Crippen molar-refractivity contribution in [2.45, 2.75) is 31.5 Å². The highest BCUT2D eigenvalue weighted by Crippen LogP contribution is 2.32. The summed E-state index contributed by atoms with van der Waals surface area (Å²) >= 11 is 1.46. The monoisotopic (exact) mass is 397 g/mol. The topological polar surface area (TPSA) is 65.4 Å². The van der Waals surface area contributed by atoms with Crippen molar-refractivity contribution in [3.05, 3.63) is 42.5 Å². The van der Waals surface area contributed by atoms with E-state index >= 15 is 0 Å². The Labute approximate surface area is 168 Å². The molecule has 7 heteroatoms. The van der Waals surface area contributed by atoms with Gasteiger partial charge in [-0.25, -0.2) is 4.98 Å². The van der Waals surface area contributed by atoms with Crippen molar-refractivity contribution >= 4 is 34.4 Å². The lowest BCUT2D eigenvalue weighted by Crippen LogP contribution is -2.14. The number of aryl methyl sites for hydroxylation is 1. The zero-order chi connectivity index (χ0) is 19.3. The van der Waals surface area contributed by atoms with E-state index in [9.17, 15) is 4.79 Å². The van der Waals surface area contributed by atoms with Gasteiger partial charge in [0.1, 0.15) is 0 Å². The predicted molar refractivity (Wildman–Crippen MR) is 111 cm³/mol. The maximum absolute atomic E-state index is 12.5. The summed E-state index contributed by atoms with van der Waals surface area (Å²) in [4.78, 5) is 17.2. The summed E-state index contributed by atoms with van der Waals surface area (Å²) < 4.78 is 13.5. The number of rotatable bonds is 6. The zero-order valence-corrected chi connectivity index (χ0v) is 16.6. The molecule has 3 aromatic rings. The molecule has 0 unspecified atom stereocenters. The Kier molecular flexibility index (Phi) is 5.71. The third kappa shape index (κ3) is 4.09. The van der Waals surface area contributed by atoms with E-state index in [2.05, 4.69) is 27.9 Å². The molecule has 1 aromatic heterocycles. The number of benzene rings is 2. The van der Waals surface area contributed by atoms with E-state index in [4.69, 9.17) is 9.47 Å². The highest BCUT2D eigenvalue weighted by atomic mass is 32.2. The minimum atomic E-state index is -0.0744. The average molecular weight is 398 g/mol. The molecular weight excluding hydrogens is 374 g/mol. The van der Waals surface area contributed by atoms with Crippen LogP contribution in [0.1, 0.15) is 19.8 Å². The largest absolute Gasteiger partial charge is 0.490 e. The number of hydrogen-bond acceptors (Lipinski definition) is 5. The van der Waals surface area contributed by atoms with Crippen LogP contribution in [0, 0.1) is 0 Å². The van der Waals surface area contributed by atoms with Crippen LogP contribution in [0.25, 0.3) is 11.0 Å². The van der Waals surface area contributed by atoms with Gasteiger partial charge in [-0.1, -0.05) is 30.8 Å². The molecule has 1 amide bonds. The smallest absolute Gasteiger partial charge is 0.234 e. The van der Waals surface area contributed by atoms with E-state index in [1.807, 2.05) is 36.4 Å². The van der Waals surface area contributed by atoms with Crippen LogP contribution in [0.2, 0.25) is 0 Å². The molecule has 0 bridgehead atoms. The molecule has 1 N–H and O–H groups in total. The van der Waals surface area contributed by atoms with Crippen LogP contribution in [-0.2, 0) is 11.3 Å². The van der Waals surface area contributed by atoms with E-state index in [1.165, 1.54) is 11.8 Å². The first-order valence-corrected chi connectivity index (χ1v) is 10.5. The normalized spacial score (nSPS) is 13.3. The summed E-state index contributed by atoms with van der Waals surface area (Å²) in [6.07, 6.45) is 1.86. The van der Waals surface area contributed by atoms with Crippen molar-refractivity contribution in [3.63, 3.8) is 0 Å². The second kappa shape index (κ2) is 8.56. The molecule has 0 radical (unpaired) electrons. The van der Waals surface area contributed by atoms with Gasteiger partial charge in [0.2, 0.25) is 5.91 Å². The lowest BCUT2D eigenvalue weighted by Gasteiger charge is -2.11. The fourth-order valence-electron chi connectivity index (χ4n) is 3.17. The summed E-state index contributed by atoms with van der Waals surface area (Å²) in [6, 6.07) is 13.6. The first-order valence-electron chi connectivity index (χ1n) is 9.52. The van der Waals surface area contributed by atoms with E-state index in [0.717, 1.165) is 41.3 Å². The van der Waals surface area contributed by atoms with Gasteiger partial charge in [0.15, 0.2) is 16.7 Å². The Morgan fingerprint density at radius 1 is 1.18 bits per heavy atom. The molecule has 0 saturated carbocycles. The quantitative estimate of drug-likeness (QED) is 0.627. The molecule has 1 aliphatic heterocycles. The van der Waals surface area contributed by atoms with Gasteiger partial charge in [-0.05, 0) is 30.7 Å². The molecule has 6 nitrogen and oxygen atoms in total. The SMILES string of the molecule is CCCn1c(SCC(=O)Nc2ccc3c(c2)OCCCO3)nc2ccccc21. The number of amides is 1. The number of ether oxygens (including phenoxy) is 2. The van der Waals surface area contributed by atoms with E-state index in [-0.39, 0.29) is 5.91 Å². The maximum atomic E-state index is 12.5. The lowest BCUT2D eigenvalue weighted by molar-refractivity contribution is -0.113. The van der Waals surface area contributed by atoms with Gasteiger partial charge in [0.05, 0.1) is 30.0 Å². The van der Waals surface area contributed by atoms with Crippen molar-refractivity contribution in [2.24, 2.45) is 0 Å². The van der Waals surface area contributed by atoms with Crippen molar-refractivity contribution in [1.82, 2.24) is 9.55 Å². The number of nitrogens with zero attached hydrogens (tertiary/aromatic N) is 2. The second-order valence-electron chi connectivity index (χ2n) is 6.58. The van der Waals surface area contributed by atoms with Gasteiger partial charge in [-0.2, -0.15) is 0 Å². The van der Waals surface area contributed by atoms with Crippen LogP contribution >= 0.6 is 11.8 Å². The van der Waals surface area contributed by atoms with Crippen LogP contribution in [0.3, 0.4) is 0 Å². The minimum absolute atomic E-state index is 0.0744. The number of carbonyl (C=O) groups is 1. The van der Waals surface area contributed by atoms with Crippen LogP contribution in [-0.4, -0.2) is 34.4 Å². The van der Waals surface area contributed by atoms with Crippen LogP contribution in [0.4, 0.5) is 5.69 Å². The van der Waals surface area contributed by atoms with Gasteiger partial charge in [0.25, 0.3) is 0 Å². The van der Waals surface area contributed by atoms with Crippen molar-refractivity contribution in [2.75, 3.05) is 24.3 Å². The summed E-state index contributed by atoms with van der Waals surface area (Å²) in [5.41, 5.74) is 2.77. The third-order valence-corrected chi connectivity index (χ3v) is 5.41. The Bertz CT molecular complexity index is 986. The number of imidazole rings is 1. The third-order valence-electron chi connectivity index (χ3n) is 4.43. The number of thioether (sulfide) groups is 1. The summed E-state index contributed by atoms with van der Waals surface area (Å²) in [5.74, 6) is 1.61. The first-order chi connectivity index (χ1) is 13.7. The van der Waals surface area contributed by atoms with Gasteiger partial charge in [0, 0.05) is 24.7 Å². The molecule has 0 atom stereocenters. The Balaban J connectivity index is 1.43. The van der Waals surface area contributed by atoms with Crippen molar-refractivity contribution in [3.8, 4) is 11.5 Å². The number of para-hydroxylation sites is 2. The summed E-state index contributed by atoms with van der Waals surface area (Å²) in [6.45, 7) is 4.29. The second-order valence-corrected chi connectivity index (χ2v) is 7.53. The standard InChI is InChI=1S/C21H23N3O3S/c1-2-10-24-17-7-4-3-6-16(17)23-21(24)28-14-20(25)22-15-8-9-18-19(13-15)27-12-5-11-26-18/h3-4,6-9,13H,2,5,10-12,14H2,1H3,(H,22,25). The first kappa shape index (κ1) is 18.7. The van der Waals surface area contributed by atoms with Crippen LogP contribution in [0.15, 0.2) is 47.6 Å². The minimum Gasteiger partial charge on any atom is -0.490 e. The molecule has 146 valence electrons. The molecule has 2 aromatic carbocycles. The number of hydrogen-bond donors (Lipinski definition) is 1. The number of aromatic nitrogens is 2. The highest BCUT2D eigenvalue weighted by molar-refractivity contribution is 7.99. The zero-order valence-electron chi connectivity index (χ0n) is 15.8. The van der Waals surface area contributed by atoms with E-state index < -0.39 is 0 Å². The molecular formula is C21H23N3O3S. The Morgan fingerprint density at radius 3 is 2.86 bits per heavy atom. The lowest BCUT2D eigenvalue weighted by atomic mass is 10.2. The van der Waals surface area contributed by atoms with Crippen LogP contribution in [0.5, 0.6) is 11.5 Å². The fraction of sp³-hybridized carbons (Fsp3) is 0.333. The van der Waals surface area contributed by atoms with Crippen LogP contribution < -0.4 is 14.8 Å². The van der Waals surface area contributed by atoms with Gasteiger partial charge in [-0.15, -0.1) is 0 Å². The number of fused-ring (bicyclic) bond motifs is 2. The molecule has 0 saturated heterocycles. The molecule has 0 fully saturated rings. The Hall–Kier alpha value is -2.67. The summed E-state index contributed by atoms with van der Waals surface area (Å²) in [7, 11) is 0. The number of nitrogens with one attached hydrogen (secondary N) is 1. The highest BCUT2D eigenvalue weighted by Gasteiger charge is 2.14. The fourth-order valence-corrected chi connectivity index (χ4v) is 4.01.